The maximum atomic E-state index is 13.2. The fourth-order valence-electron chi connectivity index (χ4n) is 3.50. The Morgan fingerprint density at radius 2 is 1.90 bits per heavy atom. The van der Waals surface area contributed by atoms with Gasteiger partial charge in [-0.15, -0.1) is 0 Å². The number of sulfone groups is 1. The molecular formula is C21H28N2O5S. The number of benzene rings is 1. The van der Waals surface area contributed by atoms with E-state index in [9.17, 15) is 13.6 Å². The van der Waals surface area contributed by atoms with E-state index in [0.29, 0.717) is 38.4 Å². The highest BCUT2D eigenvalue weighted by molar-refractivity contribution is 7.92. The van der Waals surface area contributed by atoms with Crippen molar-refractivity contribution < 1.29 is 23.1 Å². The van der Waals surface area contributed by atoms with Crippen molar-refractivity contribution in [3.05, 3.63) is 53.9 Å². The Bertz CT molecular complexity index is 871. The van der Waals surface area contributed by atoms with E-state index >= 15 is 0 Å². The summed E-state index contributed by atoms with van der Waals surface area (Å²) >= 11 is 0. The summed E-state index contributed by atoms with van der Waals surface area (Å²) in [6.07, 6.45) is 4.49. The lowest BCUT2D eigenvalue weighted by atomic mass is 9.99. The van der Waals surface area contributed by atoms with Gasteiger partial charge in [-0.05, 0) is 49.6 Å². The molecule has 1 aliphatic rings. The summed E-state index contributed by atoms with van der Waals surface area (Å²) in [4.78, 5) is 4.62. The van der Waals surface area contributed by atoms with Gasteiger partial charge in [0.1, 0.15) is 12.4 Å². The van der Waals surface area contributed by atoms with Crippen molar-refractivity contribution in [1.29, 1.82) is 0 Å². The molecular weight excluding hydrogens is 392 g/mol. The molecule has 2 aromatic rings. The van der Waals surface area contributed by atoms with Crippen LogP contribution in [0.25, 0.3) is 0 Å². The van der Waals surface area contributed by atoms with E-state index in [1.54, 1.807) is 30.5 Å². The van der Waals surface area contributed by atoms with Crippen LogP contribution >= 0.6 is 0 Å². The SMILES string of the molecule is CCCc1ccc(COc2ccc(S(=O)(=O)C3(CNO)CCOCC3)cc2)cn1. The predicted molar refractivity (Wildman–Crippen MR) is 109 cm³/mol. The van der Waals surface area contributed by atoms with Crippen LogP contribution in [-0.2, 0) is 27.6 Å². The van der Waals surface area contributed by atoms with Gasteiger partial charge in [0.25, 0.3) is 0 Å². The molecule has 0 aliphatic carbocycles. The lowest BCUT2D eigenvalue weighted by Gasteiger charge is -2.36. The Morgan fingerprint density at radius 1 is 1.17 bits per heavy atom. The molecule has 0 spiro atoms. The molecule has 1 aromatic carbocycles. The van der Waals surface area contributed by atoms with Gasteiger partial charge in [-0.2, -0.15) is 0 Å². The number of hydrogen-bond donors (Lipinski definition) is 2. The summed E-state index contributed by atoms with van der Waals surface area (Å²) in [6.45, 7) is 3.16. The molecule has 3 rings (SSSR count). The smallest absolute Gasteiger partial charge is 0.185 e. The Balaban J connectivity index is 1.68. The van der Waals surface area contributed by atoms with E-state index in [1.165, 1.54) is 0 Å². The van der Waals surface area contributed by atoms with Crippen LogP contribution in [0.1, 0.15) is 37.4 Å². The molecule has 0 atom stereocenters. The van der Waals surface area contributed by atoms with Gasteiger partial charge in [-0.1, -0.05) is 19.4 Å². The van der Waals surface area contributed by atoms with Gasteiger partial charge in [0.15, 0.2) is 9.84 Å². The highest BCUT2D eigenvalue weighted by Gasteiger charge is 2.45. The fourth-order valence-corrected chi connectivity index (χ4v) is 5.46. The van der Waals surface area contributed by atoms with Crippen molar-refractivity contribution in [1.82, 2.24) is 10.5 Å². The summed E-state index contributed by atoms with van der Waals surface area (Å²) in [5.74, 6) is 0.586. The fraction of sp³-hybridized carbons (Fsp3) is 0.476. The van der Waals surface area contributed by atoms with Crippen LogP contribution in [-0.4, -0.2) is 43.1 Å². The first-order chi connectivity index (χ1) is 14.0. The lowest BCUT2D eigenvalue weighted by molar-refractivity contribution is 0.0588. The number of aryl methyl sites for hydroxylation is 1. The third-order valence-corrected chi connectivity index (χ3v) is 7.89. The Hall–Kier alpha value is -2.00. The van der Waals surface area contributed by atoms with E-state index < -0.39 is 14.6 Å². The summed E-state index contributed by atoms with van der Waals surface area (Å²) in [6, 6.07) is 10.4. The van der Waals surface area contributed by atoms with Gasteiger partial charge >= 0.3 is 0 Å². The summed E-state index contributed by atoms with van der Waals surface area (Å²) in [7, 11) is -3.65. The zero-order chi connectivity index (χ0) is 20.7. The maximum Gasteiger partial charge on any atom is 0.185 e. The van der Waals surface area contributed by atoms with Gasteiger partial charge in [0.2, 0.25) is 0 Å². The average molecular weight is 421 g/mol. The summed E-state index contributed by atoms with van der Waals surface area (Å²) in [5, 5.41) is 9.18. The zero-order valence-corrected chi connectivity index (χ0v) is 17.5. The minimum absolute atomic E-state index is 0.0298. The topological polar surface area (TPSA) is 97.8 Å². The number of pyridine rings is 1. The molecule has 2 N–H and O–H groups in total. The summed E-state index contributed by atoms with van der Waals surface area (Å²) in [5.41, 5.74) is 4.07. The van der Waals surface area contributed by atoms with Crippen LogP contribution < -0.4 is 10.2 Å². The van der Waals surface area contributed by atoms with Crippen LogP contribution in [0.15, 0.2) is 47.5 Å². The second kappa shape index (κ2) is 9.67. The molecule has 7 nitrogen and oxygen atoms in total. The first-order valence-corrected chi connectivity index (χ1v) is 11.3. The molecule has 1 aliphatic heterocycles. The van der Waals surface area contributed by atoms with Gasteiger partial charge in [0.05, 0.1) is 9.64 Å². The average Bonchev–Trinajstić information content (AvgIpc) is 2.74. The van der Waals surface area contributed by atoms with E-state index in [-0.39, 0.29) is 11.4 Å². The van der Waals surface area contributed by atoms with Gasteiger partial charge in [-0.25, -0.2) is 13.9 Å². The van der Waals surface area contributed by atoms with Crippen molar-refractivity contribution >= 4 is 9.84 Å². The molecule has 0 radical (unpaired) electrons. The Morgan fingerprint density at radius 3 is 2.48 bits per heavy atom. The standard InChI is InChI=1S/C21H28N2O5S/c1-2-3-18-5-4-17(14-22-18)15-28-19-6-8-20(9-7-19)29(25,26)21(16-23-24)10-12-27-13-11-21/h4-9,14,23-24H,2-3,10-13,15-16H2,1H3. The number of rotatable bonds is 9. The molecule has 158 valence electrons. The molecule has 29 heavy (non-hydrogen) atoms. The number of hydroxylamine groups is 1. The van der Waals surface area contributed by atoms with Crippen LogP contribution in [0.2, 0.25) is 0 Å². The van der Waals surface area contributed by atoms with Crippen LogP contribution in [0.3, 0.4) is 0 Å². The molecule has 1 fully saturated rings. The van der Waals surface area contributed by atoms with E-state index in [2.05, 4.69) is 17.4 Å². The van der Waals surface area contributed by atoms with Crippen molar-refractivity contribution in [2.24, 2.45) is 0 Å². The number of hydrogen-bond acceptors (Lipinski definition) is 7. The third kappa shape index (κ3) is 4.95. The van der Waals surface area contributed by atoms with Crippen molar-refractivity contribution in [2.75, 3.05) is 19.8 Å². The number of nitrogens with zero attached hydrogens (tertiary/aromatic N) is 1. The number of aromatic nitrogens is 1. The molecule has 1 aromatic heterocycles. The van der Waals surface area contributed by atoms with Gasteiger partial charge in [-0.3, -0.25) is 4.98 Å². The second-order valence-corrected chi connectivity index (χ2v) is 9.65. The first-order valence-electron chi connectivity index (χ1n) is 9.87. The molecule has 1 saturated heterocycles. The Kier molecular flexibility index (Phi) is 7.23. The van der Waals surface area contributed by atoms with Gasteiger partial charge < -0.3 is 14.7 Å². The number of ether oxygens (including phenoxy) is 2. The maximum absolute atomic E-state index is 13.2. The molecule has 0 saturated carbocycles. The van der Waals surface area contributed by atoms with Crippen LogP contribution in [0.5, 0.6) is 5.75 Å². The summed E-state index contributed by atoms with van der Waals surface area (Å²) < 4.78 is 36.5. The third-order valence-electron chi connectivity index (χ3n) is 5.31. The largest absolute Gasteiger partial charge is 0.489 e. The van der Waals surface area contributed by atoms with Gasteiger partial charge in [0, 0.05) is 37.2 Å². The predicted octanol–water partition coefficient (Wildman–Crippen LogP) is 2.91. The van der Waals surface area contributed by atoms with Crippen molar-refractivity contribution in [3.8, 4) is 5.75 Å². The van der Waals surface area contributed by atoms with E-state index in [4.69, 9.17) is 9.47 Å². The van der Waals surface area contributed by atoms with Crippen molar-refractivity contribution in [2.45, 2.75) is 48.9 Å². The second-order valence-electron chi connectivity index (χ2n) is 7.30. The highest BCUT2D eigenvalue weighted by Crippen LogP contribution is 2.35. The molecule has 0 bridgehead atoms. The monoisotopic (exact) mass is 420 g/mol. The molecule has 0 unspecified atom stereocenters. The molecule has 8 heteroatoms. The van der Waals surface area contributed by atoms with E-state index in [1.807, 2.05) is 12.1 Å². The highest BCUT2D eigenvalue weighted by atomic mass is 32.2. The lowest BCUT2D eigenvalue weighted by Crippen LogP contribution is -2.50. The minimum atomic E-state index is -3.65. The van der Waals surface area contributed by atoms with E-state index in [0.717, 1.165) is 24.1 Å². The molecule has 0 amide bonds. The zero-order valence-electron chi connectivity index (χ0n) is 16.6. The normalized spacial score (nSPS) is 16.5. The first kappa shape index (κ1) is 21.7. The quantitative estimate of drug-likeness (QED) is 0.602. The van der Waals surface area contributed by atoms with Crippen LogP contribution in [0, 0.1) is 0 Å². The number of nitrogens with one attached hydrogen (secondary N) is 1. The molecule has 2 heterocycles. The van der Waals surface area contributed by atoms with Crippen molar-refractivity contribution in [3.63, 3.8) is 0 Å². The Labute approximate surface area is 172 Å². The van der Waals surface area contributed by atoms with Crippen LogP contribution in [0.4, 0.5) is 0 Å². The minimum Gasteiger partial charge on any atom is -0.489 e.